The summed E-state index contributed by atoms with van der Waals surface area (Å²) in [7, 11) is 0. The van der Waals surface area contributed by atoms with Gasteiger partial charge in [-0.2, -0.15) is 0 Å². The molecule has 3 amide bonds. The van der Waals surface area contributed by atoms with Crippen molar-refractivity contribution in [2.45, 2.75) is 76.0 Å². The highest BCUT2D eigenvalue weighted by atomic mass is 16.2. The molecule has 1 aromatic carbocycles. The summed E-state index contributed by atoms with van der Waals surface area (Å²) in [6, 6.07) is 8.27. The van der Waals surface area contributed by atoms with Gasteiger partial charge in [0.15, 0.2) is 0 Å². The SMILES string of the molecule is CC(NC(=O)C1CC2CCCCC2N1)c1ccc(NC(=O)NC2CC2)cc1. The zero-order chi connectivity index (χ0) is 18.8. The van der Waals surface area contributed by atoms with Crippen molar-refractivity contribution in [3.05, 3.63) is 29.8 Å². The van der Waals surface area contributed by atoms with E-state index in [1.165, 1.54) is 25.7 Å². The van der Waals surface area contributed by atoms with Crippen molar-refractivity contribution in [1.82, 2.24) is 16.0 Å². The number of anilines is 1. The normalized spacial score (nSPS) is 28.1. The van der Waals surface area contributed by atoms with Gasteiger partial charge in [-0.3, -0.25) is 4.79 Å². The van der Waals surface area contributed by atoms with E-state index in [0.29, 0.717) is 18.0 Å². The minimum Gasteiger partial charge on any atom is -0.348 e. The first kappa shape index (κ1) is 18.3. The minimum absolute atomic E-state index is 0.0590. The summed E-state index contributed by atoms with van der Waals surface area (Å²) in [6.07, 6.45) is 8.13. The van der Waals surface area contributed by atoms with Gasteiger partial charge in [-0.25, -0.2) is 4.79 Å². The van der Waals surface area contributed by atoms with Crippen LogP contribution in [0.15, 0.2) is 24.3 Å². The molecule has 1 saturated heterocycles. The maximum atomic E-state index is 12.7. The molecule has 0 spiro atoms. The Bertz CT molecular complexity index is 672. The van der Waals surface area contributed by atoms with E-state index in [1.54, 1.807) is 0 Å². The average Bonchev–Trinajstić information content (AvgIpc) is 3.35. The van der Waals surface area contributed by atoms with E-state index in [4.69, 9.17) is 0 Å². The lowest BCUT2D eigenvalue weighted by Crippen LogP contribution is -2.43. The van der Waals surface area contributed by atoms with Crippen molar-refractivity contribution >= 4 is 17.6 Å². The second-order valence-corrected chi connectivity index (χ2v) is 8.33. The first-order valence-electron chi connectivity index (χ1n) is 10.3. The zero-order valence-corrected chi connectivity index (χ0v) is 16.0. The molecule has 146 valence electrons. The van der Waals surface area contributed by atoms with Gasteiger partial charge in [0.2, 0.25) is 5.91 Å². The van der Waals surface area contributed by atoms with Gasteiger partial charge in [0.25, 0.3) is 0 Å². The van der Waals surface area contributed by atoms with Crippen molar-refractivity contribution in [3.63, 3.8) is 0 Å². The van der Waals surface area contributed by atoms with Crippen LogP contribution in [0.4, 0.5) is 10.5 Å². The summed E-state index contributed by atoms with van der Waals surface area (Å²) in [5.74, 6) is 0.764. The van der Waals surface area contributed by atoms with Gasteiger partial charge in [-0.1, -0.05) is 25.0 Å². The monoisotopic (exact) mass is 370 g/mol. The van der Waals surface area contributed by atoms with E-state index in [2.05, 4.69) is 21.3 Å². The lowest BCUT2D eigenvalue weighted by atomic mass is 9.85. The number of fused-ring (bicyclic) bond motifs is 1. The summed E-state index contributed by atoms with van der Waals surface area (Å²) < 4.78 is 0. The maximum absolute atomic E-state index is 12.7. The lowest BCUT2D eigenvalue weighted by Gasteiger charge is -2.24. The fourth-order valence-corrected chi connectivity index (χ4v) is 4.35. The molecule has 27 heavy (non-hydrogen) atoms. The third-order valence-electron chi connectivity index (χ3n) is 6.12. The Morgan fingerprint density at radius 3 is 2.52 bits per heavy atom. The molecule has 6 nitrogen and oxygen atoms in total. The number of nitrogens with one attached hydrogen (secondary N) is 4. The van der Waals surface area contributed by atoms with Gasteiger partial charge < -0.3 is 21.3 Å². The number of carbonyl (C=O) groups excluding carboxylic acids is 2. The summed E-state index contributed by atoms with van der Waals surface area (Å²) >= 11 is 0. The van der Waals surface area contributed by atoms with Gasteiger partial charge in [0.05, 0.1) is 12.1 Å². The molecule has 2 aliphatic carbocycles. The first-order valence-corrected chi connectivity index (χ1v) is 10.3. The van der Waals surface area contributed by atoms with Crippen molar-refractivity contribution in [1.29, 1.82) is 0 Å². The largest absolute Gasteiger partial charge is 0.348 e. The van der Waals surface area contributed by atoms with Gasteiger partial charge in [-0.05, 0) is 62.6 Å². The minimum atomic E-state index is -0.152. The molecule has 0 bridgehead atoms. The predicted molar refractivity (Wildman–Crippen MR) is 105 cm³/mol. The van der Waals surface area contributed by atoms with Crippen LogP contribution in [0.5, 0.6) is 0 Å². The Balaban J connectivity index is 1.28. The van der Waals surface area contributed by atoms with E-state index in [9.17, 15) is 9.59 Å². The zero-order valence-electron chi connectivity index (χ0n) is 16.0. The molecule has 4 N–H and O–H groups in total. The molecule has 1 aromatic rings. The fraction of sp³-hybridized carbons (Fsp3) is 0.619. The molecule has 4 unspecified atom stereocenters. The van der Waals surface area contributed by atoms with Crippen molar-refractivity contribution < 1.29 is 9.59 Å². The number of rotatable bonds is 5. The molecule has 1 heterocycles. The van der Waals surface area contributed by atoms with Crippen LogP contribution < -0.4 is 21.3 Å². The lowest BCUT2D eigenvalue weighted by molar-refractivity contribution is -0.123. The topological polar surface area (TPSA) is 82.3 Å². The number of amides is 3. The Hall–Kier alpha value is -2.08. The predicted octanol–water partition coefficient (Wildman–Crippen LogP) is 3.07. The number of hydrogen-bond acceptors (Lipinski definition) is 3. The van der Waals surface area contributed by atoms with Crippen LogP contribution in [0.2, 0.25) is 0 Å². The van der Waals surface area contributed by atoms with E-state index in [0.717, 1.165) is 30.5 Å². The summed E-state index contributed by atoms with van der Waals surface area (Å²) in [5.41, 5.74) is 1.80. The van der Waals surface area contributed by atoms with E-state index < -0.39 is 0 Å². The molecule has 6 heteroatoms. The Morgan fingerprint density at radius 1 is 1.07 bits per heavy atom. The maximum Gasteiger partial charge on any atom is 0.319 e. The Morgan fingerprint density at radius 2 is 1.81 bits per heavy atom. The molecule has 1 aliphatic heterocycles. The quantitative estimate of drug-likeness (QED) is 0.643. The van der Waals surface area contributed by atoms with Crippen LogP contribution >= 0.6 is 0 Å². The van der Waals surface area contributed by atoms with Crippen molar-refractivity contribution in [2.24, 2.45) is 5.92 Å². The Labute approximate surface area is 160 Å². The second-order valence-electron chi connectivity index (χ2n) is 8.33. The van der Waals surface area contributed by atoms with Crippen LogP contribution in [0.1, 0.15) is 63.5 Å². The van der Waals surface area contributed by atoms with Gasteiger partial charge in [0, 0.05) is 17.8 Å². The van der Waals surface area contributed by atoms with Crippen LogP contribution in [0.25, 0.3) is 0 Å². The molecule has 0 aromatic heterocycles. The van der Waals surface area contributed by atoms with Crippen LogP contribution in [0, 0.1) is 5.92 Å². The number of hydrogen-bond donors (Lipinski definition) is 4. The highest BCUT2D eigenvalue weighted by Gasteiger charge is 2.38. The van der Waals surface area contributed by atoms with Crippen LogP contribution in [-0.2, 0) is 4.79 Å². The van der Waals surface area contributed by atoms with Crippen molar-refractivity contribution in [3.8, 4) is 0 Å². The van der Waals surface area contributed by atoms with E-state index in [-0.39, 0.29) is 24.0 Å². The number of urea groups is 1. The smallest absolute Gasteiger partial charge is 0.319 e. The average molecular weight is 370 g/mol. The summed E-state index contributed by atoms with van der Waals surface area (Å²) in [4.78, 5) is 24.4. The van der Waals surface area contributed by atoms with E-state index in [1.807, 2.05) is 31.2 Å². The van der Waals surface area contributed by atoms with Crippen LogP contribution in [-0.4, -0.2) is 30.1 Å². The molecular weight excluding hydrogens is 340 g/mol. The number of benzene rings is 1. The fourth-order valence-electron chi connectivity index (χ4n) is 4.35. The first-order chi connectivity index (χ1) is 13.1. The summed E-state index contributed by atoms with van der Waals surface area (Å²) in [5, 5.41) is 12.4. The number of carbonyl (C=O) groups is 2. The van der Waals surface area contributed by atoms with E-state index >= 15 is 0 Å². The molecule has 3 aliphatic rings. The molecular formula is C21H30N4O2. The molecule has 4 rings (SSSR count). The highest BCUT2D eigenvalue weighted by Crippen LogP contribution is 2.33. The molecule has 3 fully saturated rings. The third kappa shape index (κ3) is 4.61. The molecule has 4 atom stereocenters. The summed E-state index contributed by atoms with van der Waals surface area (Å²) in [6.45, 7) is 2.00. The molecule has 0 radical (unpaired) electrons. The van der Waals surface area contributed by atoms with Gasteiger partial charge >= 0.3 is 6.03 Å². The van der Waals surface area contributed by atoms with Gasteiger partial charge in [-0.15, -0.1) is 0 Å². The van der Waals surface area contributed by atoms with Crippen LogP contribution in [0.3, 0.4) is 0 Å². The second kappa shape index (κ2) is 7.89. The Kier molecular flexibility index (Phi) is 5.34. The highest BCUT2D eigenvalue weighted by molar-refractivity contribution is 5.89. The molecule has 2 saturated carbocycles. The van der Waals surface area contributed by atoms with Crippen molar-refractivity contribution in [2.75, 3.05) is 5.32 Å². The van der Waals surface area contributed by atoms with Gasteiger partial charge in [0.1, 0.15) is 0 Å². The standard InChI is InChI=1S/C21H30N4O2/c1-13(22-20(26)19-12-15-4-2-3-5-18(15)25-19)14-6-8-16(9-7-14)23-21(27)24-17-10-11-17/h6-9,13,15,17-19,25H,2-5,10-12H2,1H3,(H,22,26)(H2,23,24,27). The third-order valence-corrected chi connectivity index (χ3v) is 6.12.